The Morgan fingerprint density at radius 3 is 2.50 bits per heavy atom. The molecule has 152 valence electrons. The average molecular weight is 403 g/mol. The number of hydrazone groups is 1. The van der Waals surface area contributed by atoms with Gasteiger partial charge in [-0.05, 0) is 44.2 Å². The number of pyridine rings is 1. The van der Waals surface area contributed by atoms with Gasteiger partial charge in [-0.2, -0.15) is 10.2 Å². The molecule has 1 aromatic carbocycles. The van der Waals surface area contributed by atoms with E-state index in [0.29, 0.717) is 17.2 Å². The number of amides is 2. The first-order valence-corrected chi connectivity index (χ1v) is 9.44. The van der Waals surface area contributed by atoms with Crippen molar-refractivity contribution in [2.24, 2.45) is 10.8 Å². The van der Waals surface area contributed by atoms with Crippen LogP contribution in [0.2, 0.25) is 0 Å². The van der Waals surface area contributed by atoms with Crippen LogP contribution >= 0.6 is 0 Å². The normalized spacial score (nSPS) is 15.7. The number of para-hydroxylation sites is 1. The van der Waals surface area contributed by atoms with Gasteiger partial charge >= 0.3 is 0 Å². The van der Waals surface area contributed by atoms with Crippen molar-refractivity contribution in [3.8, 4) is 5.82 Å². The number of carbonyl (C=O) groups excluding carboxylic acids is 2. The summed E-state index contributed by atoms with van der Waals surface area (Å²) >= 11 is 0. The van der Waals surface area contributed by atoms with E-state index < -0.39 is 17.9 Å². The molecule has 0 radical (unpaired) electrons. The fraction of sp³-hybridized carbons (Fsp3) is 0.190. The fourth-order valence-corrected chi connectivity index (χ4v) is 3.34. The molecule has 1 aliphatic heterocycles. The molecule has 1 aliphatic rings. The molecule has 0 spiro atoms. The molecule has 30 heavy (non-hydrogen) atoms. The lowest BCUT2D eigenvalue weighted by atomic mass is 10.1. The van der Waals surface area contributed by atoms with Gasteiger partial charge in [0, 0.05) is 12.1 Å². The summed E-state index contributed by atoms with van der Waals surface area (Å²) in [5.41, 5.74) is 8.83. The van der Waals surface area contributed by atoms with Gasteiger partial charge in [-0.3, -0.25) is 14.6 Å². The minimum Gasteiger partial charge on any atom is -0.368 e. The van der Waals surface area contributed by atoms with Gasteiger partial charge in [-0.15, -0.1) is 0 Å². The molecule has 0 bridgehead atoms. The van der Waals surface area contributed by atoms with Crippen molar-refractivity contribution in [1.82, 2.24) is 14.8 Å². The molecule has 1 unspecified atom stereocenters. The highest BCUT2D eigenvalue weighted by molar-refractivity contribution is 6.44. The van der Waals surface area contributed by atoms with Crippen LogP contribution < -0.4 is 16.1 Å². The fourth-order valence-electron chi connectivity index (χ4n) is 3.34. The second-order valence-electron chi connectivity index (χ2n) is 7.05. The van der Waals surface area contributed by atoms with Gasteiger partial charge in [0.25, 0.3) is 5.91 Å². The number of anilines is 2. The zero-order valence-electron chi connectivity index (χ0n) is 16.6. The van der Waals surface area contributed by atoms with Crippen LogP contribution in [0.15, 0.2) is 59.8 Å². The summed E-state index contributed by atoms with van der Waals surface area (Å²) in [6.45, 7) is 3.86. The van der Waals surface area contributed by atoms with E-state index in [-0.39, 0.29) is 12.1 Å². The van der Waals surface area contributed by atoms with Crippen molar-refractivity contribution in [2.75, 3.05) is 10.3 Å². The van der Waals surface area contributed by atoms with Gasteiger partial charge in [0.15, 0.2) is 5.82 Å². The van der Waals surface area contributed by atoms with Crippen molar-refractivity contribution in [3.05, 3.63) is 66.1 Å². The van der Waals surface area contributed by atoms with Crippen molar-refractivity contribution in [2.45, 2.75) is 26.3 Å². The predicted octanol–water partition coefficient (Wildman–Crippen LogP) is 1.94. The Balaban J connectivity index is 1.51. The van der Waals surface area contributed by atoms with Crippen LogP contribution in [0, 0.1) is 13.8 Å². The summed E-state index contributed by atoms with van der Waals surface area (Å²) in [5, 5.41) is 13.0. The smallest absolute Gasteiger partial charge is 0.272 e. The maximum Gasteiger partial charge on any atom is 0.272 e. The molecule has 1 atom stereocenters. The van der Waals surface area contributed by atoms with Crippen molar-refractivity contribution >= 4 is 28.9 Å². The number of hydrogen-bond acceptors (Lipinski definition) is 6. The monoisotopic (exact) mass is 403 g/mol. The number of hydrogen-bond donors (Lipinski definition) is 2. The van der Waals surface area contributed by atoms with E-state index in [4.69, 9.17) is 5.73 Å². The number of rotatable bonds is 5. The van der Waals surface area contributed by atoms with Crippen LogP contribution in [0.3, 0.4) is 0 Å². The van der Waals surface area contributed by atoms with Crippen LogP contribution in [0.4, 0.5) is 11.4 Å². The molecular weight excluding hydrogens is 382 g/mol. The summed E-state index contributed by atoms with van der Waals surface area (Å²) in [6.07, 6.45) is 1.69. The number of carbonyl (C=O) groups is 2. The number of benzene rings is 1. The minimum atomic E-state index is -0.709. The van der Waals surface area contributed by atoms with E-state index in [1.807, 2.05) is 50.2 Å². The molecule has 0 fully saturated rings. The molecule has 0 saturated heterocycles. The maximum absolute atomic E-state index is 12.7. The van der Waals surface area contributed by atoms with Gasteiger partial charge in [0.2, 0.25) is 5.91 Å². The van der Waals surface area contributed by atoms with E-state index in [9.17, 15) is 9.59 Å². The Morgan fingerprint density at radius 2 is 1.90 bits per heavy atom. The highest BCUT2D eigenvalue weighted by atomic mass is 16.2. The molecule has 3 N–H and O–H groups in total. The van der Waals surface area contributed by atoms with Crippen LogP contribution in [0.1, 0.15) is 17.8 Å². The first-order valence-electron chi connectivity index (χ1n) is 9.44. The second-order valence-corrected chi connectivity index (χ2v) is 7.05. The molecule has 0 aliphatic carbocycles. The number of aromatic nitrogens is 3. The largest absolute Gasteiger partial charge is 0.368 e. The zero-order chi connectivity index (χ0) is 21.3. The van der Waals surface area contributed by atoms with Gasteiger partial charge < -0.3 is 11.1 Å². The number of primary amides is 1. The quantitative estimate of drug-likeness (QED) is 0.675. The third-order valence-electron chi connectivity index (χ3n) is 4.75. The van der Waals surface area contributed by atoms with E-state index >= 15 is 0 Å². The first kappa shape index (κ1) is 19.3. The van der Waals surface area contributed by atoms with Crippen LogP contribution in [-0.2, 0) is 9.59 Å². The number of nitrogens with two attached hydrogens (primary N) is 1. The van der Waals surface area contributed by atoms with Crippen LogP contribution in [-0.4, -0.2) is 38.3 Å². The Hall–Kier alpha value is -4.01. The lowest BCUT2D eigenvalue weighted by Crippen LogP contribution is -2.39. The lowest BCUT2D eigenvalue weighted by molar-refractivity contribution is -0.119. The summed E-state index contributed by atoms with van der Waals surface area (Å²) in [6, 6.07) is 13.9. The topological polar surface area (TPSA) is 118 Å². The lowest BCUT2D eigenvalue weighted by Gasteiger charge is -2.20. The Kier molecular flexibility index (Phi) is 5.01. The SMILES string of the molecule is Cc1cc(C)n(-c2ccc(NC(=O)C3=NN(c4ccccc4)C(C(N)=O)C3)cn2)n1. The second kappa shape index (κ2) is 7.78. The van der Waals surface area contributed by atoms with Crippen molar-refractivity contribution in [1.29, 1.82) is 0 Å². The standard InChI is InChI=1S/C21H21N7O2/c1-13-10-14(2)27(25-13)19-9-8-15(12-23-19)24-21(30)17-11-18(20(22)29)28(26-17)16-6-4-3-5-7-16/h3-10,12,18H,11H2,1-2H3,(H2,22,29)(H,24,30). The van der Waals surface area contributed by atoms with Crippen LogP contribution in [0.25, 0.3) is 5.82 Å². The number of aryl methyl sites for hydroxylation is 2. The van der Waals surface area contributed by atoms with Crippen molar-refractivity contribution < 1.29 is 9.59 Å². The van der Waals surface area contributed by atoms with Crippen LogP contribution in [0.5, 0.6) is 0 Å². The summed E-state index contributed by atoms with van der Waals surface area (Å²) < 4.78 is 1.73. The summed E-state index contributed by atoms with van der Waals surface area (Å²) in [7, 11) is 0. The highest BCUT2D eigenvalue weighted by Gasteiger charge is 2.34. The van der Waals surface area contributed by atoms with E-state index in [1.165, 1.54) is 5.01 Å². The third kappa shape index (κ3) is 3.77. The van der Waals surface area contributed by atoms with E-state index in [2.05, 4.69) is 20.5 Å². The zero-order valence-corrected chi connectivity index (χ0v) is 16.6. The van der Waals surface area contributed by atoms with E-state index in [0.717, 1.165) is 11.4 Å². The molecule has 9 heteroatoms. The number of nitrogens with zero attached hydrogens (tertiary/aromatic N) is 5. The van der Waals surface area contributed by atoms with Gasteiger partial charge in [-0.1, -0.05) is 18.2 Å². The summed E-state index contributed by atoms with van der Waals surface area (Å²) in [5.74, 6) is -0.289. The van der Waals surface area contributed by atoms with Gasteiger partial charge in [0.1, 0.15) is 11.8 Å². The molecular formula is C21H21N7O2. The third-order valence-corrected chi connectivity index (χ3v) is 4.75. The molecule has 2 aromatic heterocycles. The van der Waals surface area contributed by atoms with Gasteiger partial charge in [0.05, 0.1) is 23.3 Å². The molecule has 2 amide bonds. The maximum atomic E-state index is 12.7. The average Bonchev–Trinajstić information content (AvgIpc) is 3.33. The highest BCUT2D eigenvalue weighted by Crippen LogP contribution is 2.24. The summed E-state index contributed by atoms with van der Waals surface area (Å²) in [4.78, 5) is 28.9. The number of nitrogens with one attached hydrogen (secondary N) is 1. The van der Waals surface area contributed by atoms with Crippen molar-refractivity contribution in [3.63, 3.8) is 0 Å². The molecule has 3 aromatic rings. The predicted molar refractivity (Wildman–Crippen MR) is 113 cm³/mol. The molecule has 9 nitrogen and oxygen atoms in total. The Bertz CT molecular complexity index is 1120. The van der Waals surface area contributed by atoms with E-state index in [1.54, 1.807) is 23.0 Å². The van der Waals surface area contributed by atoms with Gasteiger partial charge in [-0.25, -0.2) is 9.67 Å². The Morgan fingerprint density at radius 1 is 1.13 bits per heavy atom. The molecule has 3 heterocycles. The minimum absolute atomic E-state index is 0.132. The molecule has 0 saturated carbocycles. The Labute approximate surface area is 173 Å². The first-order chi connectivity index (χ1) is 14.4. The molecule has 4 rings (SSSR count).